The largest absolute Gasteiger partial charge is 0.336 e. The number of amides is 2. The molecule has 2 aliphatic rings. The molecule has 2 heterocycles. The summed E-state index contributed by atoms with van der Waals surface area (Å²) in [6, 6.07) is 10.9. The van der Waals surface area contributed by atoms with E-state index >= 15 is 0 Å². The topological polar surface area (TPSA) is 44.4 Å². The van der Waals surface area contributed by atoms with Gasteiger partial charge in [-0.1, -0.05) is 30.3 Å². The lowest BCUT2D eigenvalue weighted by molar-refractivity contribution is 0.173. The Kier molecular flexibility index (Phi) is 3.19. The molecular weight excluding hydrogens is 226 g/mol. The van der Waals surface area contributed by atoms with E-state index < -0.39 is 0 Å². The van der Waals surface area contributed by atoms with Crippen molar-refractivity contribution in [1.82, 2.24) is 15.5 Å². The van der Waals surface area contributed by atoms with E-state index in [1.807, 2.05) is 11.0 Å². The Morgan fingerprint density at radius 3 is 2.72 bits per heavy atom. The van der Waals surface area contributed by atoms with Crippen LogP contribution in [0.3, 0.4) is 0 Å². The summed E-state index contributed by atoms with van der Waals surface area (Å²) in [7, 11) is 0. The lowest BCUT2D eigenvalue weighted by Crippen LogP contribution is -2.51. The van der Waals surface area contributed by atoms with Gasteiger partial charge in [-0.05, 0) is 18.5 Å². The fourth-order valence-corrected chi connectivity index (χ4v) is 3.06. The highest BCUT2D eigenvalue weighted by Gasteiger charge is 2.35. The fraction of sp³-hybridized carbons (Fsp3) is 0.500. The number of carbonyl (C=O) groups is 1. The highest BCUT2D eigenvalue weighted by Crippen LogP contribution is 2.29. The summed E-state index contributed by atoms with van der Waals surface area (Å²) in [6.07, 6.45) is 1.10. The van der Waals surface area contributed by atoms with Crippen LogP contribution >= 0.6 is 0 Å². The lowest BCUT2D eigenvalue weighted by Gasteiger charge is -2.38. The molecule has 1 aromatic rings. The first-order valence-corrected chi connectivity index (χ1v) is 6.66. The van der Waals surface area contributed by atoms with Crippen molar-refractivity contribution >= 4 is 6.03 Å². The average Bonchev–Trinajstić information content (AvgIpc) is 2.86. The van der Waals surface area contributed by atoms with E-state index in [0.29, 0.717) is 5.92 Å². The molecule has 0 unspecified atom stereocenters. The van der Waals surface area contributed by atoms with Gasteiger partial charge in [-0.25, -0.2) is 4.79 Å². The Hall–Kier alpha value is -1.55. The first-order valence-electron chi connectivity index (χ1n) is 6.66. The second-order valence-corrected chi connectivity index (χ2v) is 5.00. The van der Waals surface area contributed by atoms with Crippen molar-refractivity contribution in [3.05, 3.63) is 35.9 Å². The minimum Gasteiger partial charge on any atom is -0.336 e. The zero-order valence-electron chi connectivity index (χ0n) is 10.4. The van der Waals surface area contributed by atoms with Crippen molar-refractivity contribution in [3.8, 4) is 0 Å². The summed E-state index contributed by atoms with van der Waals surface area (Å²) in [4.78, 5) is 13.8. The molecule has 18 heavy (non-hydrogen) atoms. The van der Waals surface area contributed by atoms with Crippen molar-refractivity contribution < 1.29 is 4.79 Å². The molecule has 0 radical (unpaired) electrons. The molecule has 2 saturated heterocycles. The predicted molar refractivity (Wildman–Crippen MR) is 70.6 cm³/mol. The molecule has 0 bridgehead atoms. The van der Waals surface area contributed by atoms with Gasteiger partial charge in [0.25, 0.3) is 0 Å². The Morgan fingerprint density at radius 1 is 1.17 bits per heavy atom. The van der Waals surface area contributed by atoms with E-state index in [4.69, 9.17) is 0 Å². The van der Waals surface area contributed by atoms with E-state index in [-0.39, 0.29) is 12.1 Å². The van der Waals surface area contributed by atoms with Crippen LogP contribution in [-0.4, -0.2) is 43.2 Å². The molecule has 0 aliphatic carbocycles. The van der Waals surface area contributed by atoms with Gasteiger partial charge in [-0.2, -0.15) is 0 Å². The molecule has 3 rings (SSSR count). The number of benzene rings is 1. The van der Waals surface area contributed by atoms with Crippen LogP contribution in [-0.2, 0) is 0 Å². The fourth-order valence-electron chi connectivity index (χ4n) is 3.06. The number of carbonyl (C=O) groups excluding carboxylic acids is 1. The maximum Gasteiger partial charge on any atom is 0.317 e. The van der Waals surface area contributed by atoms with Crippen molar-refractivity contribution in [2.45, 2.75) is 18.4 Å². The van der Waals surface area contributed by atoms with Crippen LogP contribution in [0.4, 0.5) is 4.79 Å². The first kappa shape index (κ1) is 11.5. The van der Waals surface area contributed by atoms with Gasteiger partial charge in [-0.3, -0.25) is 0 Å². The smallest absolute Gasteiger partial charge is 0.317 e. The predicted octanol–water partition coefficient (Wildman–Crippen LogP) is 1.16. The molecule has 2 N–H and O–H groups in total. The highest BCUT2D eigenvalue weighted by atomic mass is 16.2. The summed E-state index contributed by atoms with van der Waals surface area (Å²) < 4.78 is 0. The molecule has 4 nitrogen and oxygen atoms in total. The van der Waals surface area contributed by atoms with Gasteiger partial charge < -0.3 is 15.5 Å². The molecule has 2 aliphatic heterocycles. The number of hydrogen-bond acceptors (Lipinski definition) is 2. The zero-order valence-corrected chi connectivity index (χ0v) is 10.4. The molecule has 2 atom stereocenters. The van der Waals surface area contributed by atoms with Gasteiger partial charge in [0.1, 0.15) is 0 Å². The van der Waals surface area contributed by atoms with Crippen LogP contribution < -0.4 is 10.6 Å². The number of rotatable bonds is 2. The van der Waals surface area contributed by atoms with Crippen LogP contribution in [0.5, 0.6) is 0 Å². The van der Waals surface area contributed by atoms with Crippen molar-refractivity contribution in [3.63, 3.8) is 0 Å². The summed E-state index contributed by atoms with van der Waals surface area (Å²) in [6.45, 7) is 3.53. The molecule has 0 saturated carbocycles. The summed E-state index contributed by atoms with van der Waals surface area (Å²) >= 11 is 0. The summed E-state index contributed by atoms with van der Waals surface area (Å²) in [5.41, 5.74) is 1.35. The van der Waals surface area contributed by atoms with E-state index in [0.717, 1.165) is 32.6 Å². The Labute approximate surface area is 107 Å². The summed E-state index contributed by atoms with van der Waals surface area (Å²) in [5.74, 6) is 0.455. The number of nitrogens with zero attached hydrogens (tertiary/aromatic N) is 1. The van der Waals surface area contributed by atoms with Crippen LogP contribution in [0.1, 0.15) is 17.9 Å². The maximum atomic E-state index is 11.8. The van der Waals surface area contributed by atoms with Crippen molar-refractivity contribution in [1.29, 1.82) is 0 Å². The number of piperidine rings is 1. The molecule has 0 aromatic heterocycles. The monoisotopic (exact) mass is 245 g/mol. The van der Waals surface area contributed by atoms with E-state index in [1.165, 1.54) is 5.56 Å². The highest BCUT2D eigenvalue weighted by molar-refractivity contribution is 5.76. The third-order valence-corrected chi connectivity index (χ3v) is 3.97. The Bertz CT molecular complexity index is 420. The van der Waals surface area contributed by atoms with Crippen LogP contribution in [0, 0.1) is 0 Å². The third-order valence-electron chi connectivity index (χ3n) is 3.97. The van der Waals surface area contributed by atoms with Crippen molar-refractivity contribution in [2.24, 2.45) is 0 Å². The van der Waals surface area contributed by atoms with Gasteiger partial charge in [-0.15, -0.1) is 0 Å². The summed E-state index contributed by atoms with van der Waals surface area (Å²) in [5, 5.41) is 6.31. The van der Waals surface area contributed by atoms with Gasteiger partial charge in [0.2, 0.25) is 0 Å². The van der Waals surface area contributed by atoms with Crippen LogP contribution in [0.2, 0.25) is 0 Å². The van der Waals surface area contributed by atoms with Crippen LogP contribution in [0.25, 0.3) is 0 Å². The van der Waals surface area contributed by atoms with Gasteiger partial charge in [0.05, 0.1) is 6.04 Å². The number of nitrogens with one attached hydrogen (secondary N) is 2. The maximum absolute atomic E-state index is 11.8. The molecule has 1 aromatic carbocycles. The van der Waals surface area contributed by atoms with Crippen molar-refractivity contribution in [2.75, 3.05) is 26.2 Å². The second-order valence-electron chi connectivity index (χ2n) is 5.00. The minimum atomic E-state index is 0.0876. The first-order chi connectivity index (χ1) is 8.86. The quantitative estimate of drug-likeness (QED) is 0.821. The Morgan fingerprint density at radius 2 is 2.00 bits per heavy atom. The molecule has 2 fully saturated rings. The van der Waals surface area contributed by atoms with Gasteiger partial charge in [0, 0.05) is 25.6 Å². The molecule has 2 amide bonds. The third kappa shape index (κ3) is 2.08. The van der Waals surface area contributed by atoms with Gasteiger partial charge in [0.15, 0.2) is 0 Å². The second kappa shape index (κ2) is 4.98. The zero-order chi connectivity index (χ0) is 12.4. The molecular formula is C14H19N3O. The van der Waals surface area contributed by atoms with Crippen LogP contribution in [0.15, 0.2) is 30.3 Å². The standard InChI is InChI=1S/C14H19N3O/c18-14-16-8-9-17(14)13-10-15-7-6-12(13)11-4-2-1-3-5-11/h1-5,12-13,15H,6-10H2,(H,16,18)/t12-,13+/m0/s1. The van der Waals surface area contributed by atoms with Gasteiger partial charge >= 0.3 is 6.03 Å². The van der Waals surface area contributed by atoms with E-state index in [2.05, 4.69) is 34.9 Å². The molecule has 4 heteroatoms. The average molecular weight is 245 g/mol. The lowest BCUT2D eigenvalue weighted by atomic mass is 9.85. The Balaban J connectivity index is 1.84. The number of urea groups is 1. The normalized spacial score (nSPS) is 28.2. The minimum absolute atomic E-state index is 0.0876. The van der Waals surface area contributed by atoms with E-state index in [1.54, 1.807) is 0 Å². The molecule has 0 spiro atoms. The van der Waals surface area contributed by atoms with E-state index in [9.17, 15) is 4.79 Å². The SMILES string of the molecule is O=C1NCCN1[C@@H]1CNCC[C@H]1c1ccccc1. The number of hydrogen-bond donors (Lipinski definition) is 2. The molecule has 96 valence electrons.